The number of hydrogen-bond acceptors (Lipinski definition) is 1. The fourth-order valence-electron chi connectivity index (χ4n) is 4.22. The van der Waals surface area contributed by atoms with Crippen LogP contribution >= 0.6 is 0 Å². The summed E-state index contributed by atoms with van der Waals surface area (Å²) in [5, 5.41) is 7.96. The first-order valence-electron chi connectivity index (χ1n) is 8.41. The number of rotatable bonds is 2. The van der Waals surface area contributed by atoms with Gasteiger partial charge in [0.05, 0.1) is 11.1 Å². The summed E-state index contributed by atoms with van der Waals surface area (Å²) < 4.78 is 0. The summed E-state index contributed by atoms with van der Waals surface area (Å²) in [4.78, 5) is 12.7. The molecule has 0 aliphatic carbocycles. The van der Waals surface area contributed by atoms with E-state index in [1.54, 1.807) is 0 Å². The number of nitrogens with two attached hydrogens (primary N) is 1. The lowest BCUT2D eigenvalue weighted by atomic mass is 9.79. The molecule has 3 rings (SSSR count). The minimum Gasteiger partial charge on any atom is -0.349 e. The Hall–Kier alpha value is -1.87. The minimum atomic E-state index is 0.0363. The molecule has 0 bridgehead atoms. The number of amides is 1. The third kappa shape index (κ3) is 3.73. The van der Waals surface area contributed by atoms with Gasteiger partial charge in [0.25, 0.3) is 5.91 Å². The van der Waals surface area contributed by atoms with E-state index in [9.17, 15) is 4.79 Å². The molecule has 0 spiro atoms. The van der Waals surface area contributed by atoms with Crippen LogP contribution in [-0.4, -0.2) is 23.0 Å². The van der Waals surface area contributed by atoms with E-state index >= 15 is 0 Å². The average Bonchev–Trinajstić information content (AvgIpc) is 2.43. The van der Waals surface area contributed by atoms with Crippen molar-refractivity contribution in [3.8, 4) is 0 Å². The van der Waals surface area contributed by atoms with Crippen molar-refractivity contribution in [1.29, 1.82) is 0 Å². The van der Waals surface area contributed by atoms with E-state index < -0.39 is 0 Å². The van der Waals surface area contributed by atoms with Crippen LogP contribution in [-0.2, 0) is 0 Å². The molecule has 0 unspecified atom stereocenters. The van der Waals surface area contributed by atoms with Gasteiger partial charge >= 0.3 is 0 Å². The Morgan fingerprint density at radius 2 is 1.61 bits per heavy atom. The molecule has 0 radical (unpaired) electrons. The van der Waals surface area contributed by atoms with E-state index in [0.29, 0.717) is 0 Å². The summed E-state index contributed by atoms with van der Waals surface area (Å²) in [5.41, 5.74) is 1.06. The monoisotopic (exact) mass is 311 g/mol. The lowest BCUT2D eigenvalue weighted by Gasteiger charge is -2.43. The second-order valence-corrected chi connectivity index (χ2v) is 8.26. The molecule has 3 nitrogen and oxygen atoms in total. The number of quaternary nitrogens is 1. The summed E-state index contributed by atoms with van der Waals surface area (Å²) in [5.74, 6) is 0.0363. The van der Waals surface area contributed by atoms with Crippen LogP contribution in [0.25, 0.3) is 10.8 Å². The molecule has 23 heavy (non-hydrogen) atoms. The highest BCUT2D eigenvalue weighted by atomic mass is 16.1. The van der Waals surface area contributed by atoms with Crippen LogP contribution in [0.4, 0.5) is 0 Å². The molecule has 1 heterocycles. The van der Waals surface area contributed by atoms with E-state index in [4.69, 9.17) is 0 Å². The molecular weight excluding hydrogens is 284 g/mol. The first-order valence-corrected chi connectivity index (χ1v) is 8.41. The third-order valence-corrected chi connectivity index (χ3v) is 4.67. The van der Waals surface area contributed by atoms with Gasteiger partial charge in [0.15, 0.2) is 0 Å². The minimum absolute atomic E-state index is 0.0363. The van der Waals surface area contributed by atoms with Crippen LogP contribution in [0.5, 0.6) is 0 Å². The van der Waals surface area contributed by atoms with Gasteiger partial charge in [0.1, 0.15) is 0 Å². The molecule has 1 fully saturated rings. The Morgan fingerprint density at radius 1 is 1.00 bits per heavy atom. The summed E-state index contributed by atoms with van der Waals surface area (Å²) in [7, 11) is 0. The van der Waals surface area contributed by atoms with Crippen LogP contribution in [0.2, 0.25) is 0 Å². The second-order valence-electron chi connectivity index (χ2n) is 8.26. The van der Waals surface area contributed by atoms with Crippen molar-refractivity contribution in [3.05, 3.63) is 48.0 Å². The van der Waals surface area contributed by atoms with E-state index in [1.807, 2.05) is 36.4 Å². The zero-order valence-electron chi connectivity index (χ0n) is 14.5. The van der Waals surface area contributed by atoms with Crippen LogP contribution in [0.15, 0.2) is 42.5 Å². The van der Waals surface area contributed by atoms with Crippen molar-refractivity contribution in [2.75, 3.05) is 0 Å². The summed E-state index contributed by atoms with van der Waals surface area (Å²) in [6.07, 6.45) is 1.99. The predicted octanol–water partition coefficient (Wildman–Crippen LogP) is 2.85. The highest BCUT2D eigenvalue weighted by Gasteiger charge is 2.42. The van der Waals surface area contributed by atoms with Crippen molar-refractivity contribution in [2.24, 2.45) is 0 Å². The van der Waals surface area contributed by atoms with Crippen LogP contribution in [0, 0.1) is 0 Å². The van der Waals surface area contributed by atoms with Gasteiger partial charge in [-0.3, -0.25) is 4.79 Å². The maximum Gasteiger partial charge on any atom is 0.251 e. The van der Waals surface area contributed by atoms with Crippen LogP contribution in [0.3, 0.4) is 0 Å². The van der Waals surface area contributed by atoms with Crippen molar-refractivity contribution >= 4 is 16.7 Å². The molecule has 1 saturated heterocycles. The van der Waals surface area contributed by atoms with E-state index in [-0.39, 0.29) is 23.0 Å². The number of fused-ring (bicyclic) bond motifs is 1. The smallest absolute Gasteiger partial charge is 0.251 e. The number of carbonyl (C=O) groups is 1. The SMILES string of the molecule is CC1(C)CC(NC(=O)c2ccc3ccccc3c2)CC(C)(C)[NH2+]1. The predicted molar refractivity (Wildman–Crippen MR) is 94.5 cm³/mol. The maximum absolute atomic E-state index is 12.7. The first kappa shape index (κ1) is 16.0. The van der Waals surface area contributed by atoms with Gasteiger partial charge in [-0.15, -0.1) is 0 Å². The number of piperidine rings is 1. The highest BCUT2D eigenvalue weighted by molar-refractivity contribution is 5.98. The normalized spacial score (nSPS) is 20.3. The van der Waals surface area contributed by atoms with Gasteiger partial charge in [0, 0.05) is 24.4 Å². The summed E-state index contributed by atoms with van der Waals surface area (Å²) in [6, 6.07) is 14.3. The van der Waals surface area contributed by atoms with Crippen molar-refractivity contribution < 1.29 is 10.1 Å². The molecule has 0 aromatic heterocycles. The first-order chi connectivity index (χ1) is 10.7. The molecule has 3 heteroatoms. The van der Waals surface area contributed by atoms with Crippen molar-refractivity contribution in [3.63, 3.8) is 0 Å². The molecule has 1 aliphatic rings. The van der Waals surface area contributed by atoms with Gasteiger partial charge in [-0.05, 0) is 50.6 Å². The summed E-state index contributed by atoms with van der Waals surface area (Å²) in [6.45, 7) is 9.01. The molecule has 1 amide bonds. The largest absolute Gasteiger partial charge is 0.349 e. The fourth-order valence-corrected chi connectivity index (χ4v) is 4.22. The summed E-state index contributed by atoms with van der Waals surface area (Å²) >= 11 is 0. The average molecular weight is 311 g/mol. The quantitative estimate of drug-likeness (QED) is 0.880. The standard InChI is InChI=1S/C20H26N2O/c1-19(2)12-17(13-20(3,4)22-19)21-18(23)16-10-9-14-7-5-6-8-15(14)11-16/h5-11,17,22H,12-13H2,1-4H3,(H,21,23)/p+1. The Kier molecular flexibility index (Phi) is 3.93. The fraction of sp³-hybridized carbons (Fsp3) is 0.450. The topological polar surface area (TPSA) is 45.7 Å². The molecule has 2 aromatic rings. The lowest BCUT2D eigenvalue weighted by Crippen LogP contribution is -3.06. The van der Waals surface area contributed by atoms with Gasteiger partial charge < -0.3 is 10.6 Å². The molecule has 122 valence electrons. The third-order valence-electron chi connectivity index (χ3n) is 4.67. The maximum atomic E-state index is 12.7. The zero-order chi connectivity index (χ0) is 16.7. The zero-order valence-corrected chi connectivity index (χ0v) is 14.5. The Bertz CT molecular complexity index is 717. The Morgan fingerprint density at radius 3 is 2.26 bits per heavy atom. The van der Waals surface area contributed by atoms with Crippen LogP contribution < -0.4 is 10.6 Å². The van der Waals surface area contributed by atoms with Crippen LogP contribution in [0.1, 0.15) is 50.9 Å². The lowest BCUT2D eigenvalue weighted by molar-refractivity contribution is -0.787. The highest BCUT2D eigenvalue weighted by Crippen LogP contribution is 2.22. The number of carbonyl (C=O) groups excluding carboxylic acids is 1. The second kappa shape index (κ2) is 5.64. The Balaban J connectivity index is 1.77. The van der Waals surface area contributed by atoms with Gasteiger partial charge in [-0.25, -0.2) is 0 Å². The van der Waals surface area contributed by atoms with Gasteiger partial charge in [-0.2, -0.15) is 0 Å². The number of nitrogens with one attached hydrogen (secondary N) is 1. The molecule has 1 aliphatic heterocycles. The molecule has 0 saturated carbocycles. The molecule has 3 N–H and O–H groups in total. The van der Waals surface area contributed by atoms with E-state index in [1.165, 1.54) is 5.39 Å². The van der Waals surface area contributed by atoms with Crippen molar-refractivity contribution in [2.45, 2.75) is 57.7 Å². The van der Waals surface area contributed by atoms with Gasteiger partial charge in [-0.1, -0.05) is 30.3 Å². The molecule has 2 aromatic carbocycles. The van der Waals surface area contributed by atoms with E-state index in [0.717, 1.165) is 23.8 Å². The number of benzene rings is 2. The van der Waals surface area contributed by atoms with E-state index in [2.05, 4.69) is 44.4 Å². The molecule has 0 atom stereocenters. The van der Waals surface area contributed by atoms with Gasteiger partial charge in [0.2, 0.25) is 0 Å². The van der Waals surface area contributed by atoms with Crippen molar-refractivity contribution in [1.82, 2.24) is 5.32 Å². The number of hydrogen-bond donors (Lipinski definition) is 2. The molecular formula is C20H27N2O+. The Labute approximate surface area is 138 Å².